The maximum Gasteiger partial charge on any atom is 0.390 e. The van der Waals surface area contributed by atoms with Crippen LogP contribution in [0.5, 0.6) is 0 Å². The molecule has 0 aliphatic carbocycles. The fourth-order valence-electron chi connectivity index (χ4n) is 0.954. The first-order valence-electron chi connectivity index (χ1n) is 4.18. The molecule has 0 bridgehead atoms. The Bertz CT molecular complexity index is 320. The summed E-state index contributed by atoms with van der Waals surface area (Å²) in [5.74, 6) is 0.887. The van der Waals surface area contributed by atoms with Crippen molar-refractivity contribution in [3.05, 3.63) is 16.5 Å². The summed E-state index contributed by atoms with van der Waals surface area (Å²) >= 11 is 3.13. The normalized spacial score (nSPS) is 11.5. The van der Waals surface area contributed by atoms with Gasteiger partial charge in [-0.25, -0.2) is 9.97 Å². The summed E-state index contributed by atoms with van der Waals surface area (Å²) in [6.07, 6.45) is -5.03. The molecule has 1 aromatic heterocycles. The summed E-state index contributed by atoms with van der Waals surface area (Å²) < 4.78 is 36.1. The fraction of sp³-hybridized carbons (Fsp3) is 0.500. The number of aromatic nitrogens is 2. The lowest BCUT2D eigenvalue weighted by molar-refractivity contribution is -0.131. The van der Waals surface area contributed by atoms with Gasteiger partial charge in [0.25, 0.3) is 0 Å². The quantitative estimate of drug-likeness (QED) is 0.867. The Labute approximate surface area is 93.2 Å². The number of halogens is 4. The second-order valence-electron chi connectivity index (χ2n) is 2.92. The molecule has 84 valence electrons. The molecule has 1 heterocycles. The van der Waals surface area contributed by atoms with E-state index in [0.717, 1.165) is 0 Å². The first kappa shape index (κ1) is 12.2. The summed E-state index contributed by atoms with van der Waals surface area (Å²) in [6, 6.07) is 1.53. The van der Waals surface area contributed by atoms with E-state index in [9.17, 15) is 13.2 Å². The van der Waals surface area contributed by atoms with Crippen molar-refractivity contribution in [3.8, 4) is 0 Å². The van der Waals surface area contributed by atoms with Gasteiger partial charge >= 0.3 is 6.18 Å². The van der Waals surface area contributed by atoms with Crippen LogP contribution in [0.15, 0.2) is 10.7 Å². The molecule has 1 aromatic rings. The van der Waals surface area contributed by atoms with E-state index in [1.165, 1.54) is 6.07 Å². The van der Waals surface area contributed by atoms with Crippen molar-refractivity contribution in [2.75, 3.05) is 11.9 Å². The zero-order valence-corrected chi connectivity index (χ0v) is 9.48. The summed E-state index contributed by atoms with van der Waals surface area (Å²) in [6.45, 7) is 1.48. The minimum Gasteiger partial charge on any atom is -0.370 e. The van der Waals surface area contributed by atoms with Gasteiger partial charge < -0.3 is 5.32 Å². The molecule has 7 heteroatoms. The van der Waals surface area contributed by atoms with Crippen LogP contribution in [-0.2, 0) is 0 Å². The van der Waals surface area contributed by atoms with E-state index in [4.69, 9.17) is 0 Å². The summed E-state index contributed by atoms with van der Waals surface area (Å²) in [7, 11) is 0. The second-order valence-corrected chi connectivity index (χ2v) is 3.73. The summed E-state index contributed by atoms with van der Waals surface area (Å²) in [5.41, 5.74) is 0. The minimum absolute atomic E-state index is 0.188. The largest absolute Gasteiger partial charge is 0.390 e. The monoisotopic (exact) mass is 283 g/mol. The van der Waals surface area contributed by atoms with E-state index in [-0.39, 0.29) is 6.54 Å². The topological polar surface area (TPSA) is 37.8 Å². The number of hydrogen-bond donors (Lipinski definition) is 1. The lowest BCUT2D eigenvalue weighted by Gasteiger charge is -2.08. The Morgan fingerprint density at radius 1 is 1.40 bits per heavy atom. The molecule has 0 aliphatic rings. The minimum atomic E-state index is -4.15. The first-order chi connectivity index (χ1) is 6.87. The molecule has 15 heavy (non-hydrogen) atoms. The molecule has 0 aliphatic heterocycles. The van der Waals surface area contributed by atoms with Crippen LogP contribution in [0.4, 0.5) is 19.0 Å². The van der Waals surface area contributed by atoms with Gasteiger partial charge in [-0.15, -0.1) is 0 Å². The SMILES string of the molecule is Cc1nc(Br)cc(NCCC(F)(F)F)n1. The number of anilines is 1. The lowest BCUT2D eigenvalue weighted by Crippen LogP contribution is -2.15. The molecule has 0 fully saturated rings. The van der Waals surface area contributed by atoms with Crippen molar-refractivity contribution in [1.29, 1.82) is 0 Å². The third-order valence-corrected chi connectivity index (χ3v) is 1.93. The van der Waals surface area contributed by atoms with Crippen LogP contribution in [0, 0.1) is 6.92 Å². The molecular formula is C8H9BrF3N3. The highest BCUT2D eigenvalue weighted by Gasteiger charge is 2.26. The van der Waals surface area contributed by atoms with E-state index >= 15 is 0 Å². The standard InChI is InChI=1S/C8H9BrF3N3/c1-5-14-6(9)4-7(15-5)13-3-2-8(10,11)12/h4H,2-3H2,1H3,(H,13,14,15). The second kappa shape index (κ2) is 4.78. The van der Waals surface area contributed by atoms with Crippen LogP contribution in [-0.4, -0.2) is 22.7 Å². The summed E-state index contributed by atoms with van der Waals surface area (Å²) in [4.78, 5) is 7.87. The van der Waals surface area contributed by atoms with Gasteiger partial charge in [-0.3, -0.25) is 0 Å². The molecule has 1 rings (SSSR count). The number of nitrogens with zero attached hydrogens (tertiary/aromatic N) is 2. The fourth-order valence-corrected chi connectivity index (χ4v) is 1.43. The number of rotatable bonds is 3. The van der Waals surface area contributed by atoms with Gasteiger partial charge in [0.15, 0.2) is 0 Å². The molecule has 0 radical (unpaired) electrons. The third-order valence-electron chi connectivity index (χ3n) is 1.52. The van der Waals surface area contributed by atoms with Crippen molar-refractivity contribution in [2.45, 2.75) is 19.5 Å². The molecule has 0 aromatic carbocycles. The smallest absolute Gasteiger partial charge is 0.370 e. The molecule has 3 nitrogen and oxygen atoms in total. The molecular weight excluding hydrogens is 275 g/mol. The van der Waals surface area contributed by atoms with E-state index < -0.39 is 12.6 Å². The molecule has 0 saturated heterocycles. The van der Waals surface area contributed by atoms with Gasteiger partial charge in [-0.05, 0) is 22.9 Å². The Hall–Kier alpha value is -0.850. The van der Waals surface area contributed by atoms with Gasteiger partial charge in [-0.2, -0.15) is 13.2 Å². The number of aryl methyl sites for hydroxylation is 1. The number of hydrogen-bond acceptors (Lipinski definition) is 3. The van der Waals surface area contributed by atoms with Crippen LogP contribution < -0.4 is 5.32 Å². The van der Waals surface area contributed by atoms with E-state index in [1.807, 2.05) is 0 Å². The van der Waals surface area contributed by atoms with Gasteiger partial charge in [-0.1, -0.05) is 0 Å². The van der Waals surface area contributed by atoms with Crippen molar-refractivity contribution in [3.63, 3.8) is 0 Å². The zero-order valence-electron chi connectivity index (χ0n) is 7.90. The average Bonchev–Trinajstić information content (AvgIpc) is 1.99. The zero-order chi connectivity index (χ0) is 11.5. The highest BCUT2D eigenvalue weighted by molar-refractivity contribution is 9.10. The van der Waals surface area contributed by atoms with Gasteiger partial charge in [0.1, 0.15) is 16.2 Å². The number of nitrogens with one attached hydrogen (secondary N) is 1. The molecule has 0 atom stereocenters. The number of alkyl halides is 3. The van der Waals surface area contributed by atoms with Crippen molar-refractivity contribution in [2.24, 2.45) is 0 Å². The van der Waals surface area contributed by atoms with Crippen LogP contribution in [0.2, 0.25) is 0 Å². The first-order valence-corrected chi connectivity index (χ1v) is 4.98. The van der Waals surface area contributed by atoms with Crippen LogP contribution >= 0.6 is 15.9 Å². The maximum atomic E-state index is 11.8. The van der Waals surface area contributed by atoms with Crippen molar-refractivity contribution in [1.82, 2.24) is 9.97 Å². The Morgan fingerprint density at radius 2 is 2.07 bits per heavy atom. The maximum absolute atomic E-state index is 11.8. The van der Waals surface area contributed by atoms with Crippen LogP contribution in [0.25, 0.3) is 0 Å². The lowest BCUT2D eigenvalue weighted by atomic mass is 10.4. The highest BCUT2D eigenvalue weighted by Crippen LogP contribution is 2.19. The van der Waals surface area contributed by atoms with Crippen molar-refractivity contribution < 1.29 is 13.2 Å². The van der Waals surface area contributed by atoms with E-state index in [1.54, 1.807) is 6.92 Å². The Morgan fingerprint density at radius 3 is 2.60 bits per heavy atom. The predicted molar refractivity (Wildman–Crippen MR) is 53.6 cm³/mol. The van der Waals surface area contributed by atoms with Crippen LogP contribution in [0.3, 0.4) is 0 Å². The Balaban J connectivity index is 2.51. The van der Waals surface area contributed by atoms with Crippen molar-refractivity contribution >= 4 is 21.7 Å². The molecule has 0 saturated carbocycles. The predicted octanol–water partition coefficient (Wildman–Crippen LogP) is 2.91. The average molecular weight is 284 g/mol. The highest BCUT2D eigenvalue weighted by atomic mass is 79.9. The Kier molecular flexibility index (Phi) is 3.90. The molecule has 0 unspecified atom stereocenters. The van der Waals surface area contributed by atoms with Crippen LogP contribution in [0.1, 0.15) is 12.2 Å². The van der Waals surface area contributed by atoms with Gasteiger partial charge in [0.2, 0.25) is 0 Å². The molecule has 0 amide bonds. The van der Waals surface area contributed by atoms with E-state index in [0.29, 0.717) is 16.2 Å². The third kappa shape index (κ3) is 4.96. The van der Waals surface area contributed by atoms with E-state index in [2.05, 4.69) is 31.2 Å². The molecule has 1 N–H and O–H groups in total. The molecule has 0 spiro atoms. The summed E-state index contributed by atoms with van der Waals surface area (Å²) in [5, 5.41) is 2.58. The van der Waals surface area contributed by atoms with Gasteiger partial charge in [0.05, 0.1) is 6.42 Å². The van der Waals surface area contributed by atoms with Gasteiger partial charge in [0, 0.05) is 12.6 Å².